The Balaban J connectivity index is 0.000000160. The molecule has 3 aromatic rings. The summed E-state index contributed by atoms with van der Waals surface area (Å²) in [6, 6.07) is 5.90. The lowest BCUT2D eigenvalue weighted by Crippen LogP contribution is -2.19. The molecule has 1 fully saturated rings. The van der Waals surface area contributed by atoms with Crippen LogP contribution in [-0.4, -0.2) is 38.5 Å². The molecule has 0 radical (unpaired) electrons. The Morgan fingerprint density at radius 1 is 1.09 bits per heavy atom. The Kier molecular flexibility index (Phi) is 8.54. The van der Waals surface area contributed by atoms with E-state index in [2.05, 4.69) is 46.0 Å². The smallest absolute Gasteiger partial charge is 0.168 e. The SMILES string of the molecule is CC(=O)c1cnn2ccc(N3CCCC3)nc12.CC(C)C1CC=CC1.Cc1cccnc1. The van der Waals surface area contributed by atoms with Gasteiger partial charge >= 0.3 is 0 Å². The number of anilines is 1. The van der Waals surface area contributed by atoms with Gasteiger partial charge in [-0.05, 0) is 69.1 Å². The normalized spacial score (nSPS) is 15.5. The van der Waals surface area contributed by atoms with Crippen molar-refractivity contribution in [1.29, 1.82) is 0 Å². The molecule has 170 valence electrons. The molecule has 32 heavy (non-hydrogen) atoms. The molecule has 1 aliphatic heterocycles. The number of allylic oxidation sites excluding steroid dienone is 2. The number of fused-ring (bicyclic) bond motifs is 1. The average Bonchev–Trinajstić information content (AvgIpc) is 3.56. The van der Waals surface area contributed by atoms with Crippen molar-refractivity contribution in [2.75, 3.05) is 18.0 Å². The van der Waals surface area contributed by atoms with Gasteiger partial charge in [0.05, 0.1) is 11.8 Å². The topological polar surface area (TPSA) is 63.4 Å². The highest BCUT2D eigenvalue weighted by Crippen LogP contribution is 2.25. The molecule has 5 rings (SSSR count). The van der Waals surface area contributed by atoms with Crippen LogP contribution in [0.5, 0.6) is 0 Å². The number of rotatable bonds is 3. The van der Waals surface area contributed by atoms with Gasteiger partial charge in [0.15, 0.2) is 11.4 Å². The minimum atomic E-state index is 0.00562. The van der Waals surface area contributed by atoms with Crippen LogP contribution in [0, 0.1) is 18.8 Å². The van der Waals surface area contributed by atoms with Crippen LogP contribution < -0.4 is 4.90 Å². The fourth-order valence-electron chi connectivity index (χ4n) is 3.86. The Morgan fingerprint density at radius 3 is 2.31 bits per heavy atom. The monoisotopic (exact) mass is 433 g/mol. The molecule has 4 heterocycles. The Labute approximate surface area is 191 Å². The number of hydrogen-bond acceptors (Lipinski definition) is 5. The van der Waals surface area contributed by atoms with Gasteiger partial charge in [0, 0.05) is 31.7 Å². The number of hydrogen-bond donors (Lipinski definition) is 0. The van der Waals surface area contributed by atoms with Gasteiger partial charge in [-0.2, -0.15) is 5.10 Å². The molecule has 0 unspecified atom stereocenters. The molecule has 0 amide bonds. The molecule has 3 aromatic heterocycles. The van der Waals surface area contributed by atoms with Gasteiger partial charge in [0.1, 0.15) is 5.82 Å². The minimum absolute atomic E-state index is 0.00562. The van der Waals surface area contributed by atoms with Crippen molar-refractivity contribution < 1.29 is 4.79 Å². The molecule has 0 aromatic carbocycles. The zero-order valence-electron chi connectivity index (χ0n) is 19.7. The summed E-state index contributed by atoms with van der Waals surface area (Å²) in [7, 11) is 0. The second-order valence-electron chi connectivity index (χ2n) is 8.84. The highest BCUT2D eigenvalue weighted by Gasteiger charge is 2.16. The van der Waals surface area contributed by atoms with Crippen LogP contribution in [0.25, 0.3) is 5.65 Å². The van der Waals surface area contributed by atoms with Gasteiger partial charge in [-0.1, -0.05) is 32.1 Å². The van der Waals surface area contributed by atoms with E-state index in [1.54, 1.807) is 23.8 Å². The molecule has 6 nitrogen and oxygen atoms in total. The molecular formula is C26H35N5O. The third kappa shape index (κ3) is 6.49. The first-order valence-electron chi connectivity index (χ1n) is 11.6. The van der Waals surface area contributed by atoms with Crippen LogP contribution in [0.3, 0.4) is 0 Å². The molecule has 0 spiro atoms. The third-order valence-electron chi connectivity index (χ3n) is 5.96. The van der Waals surface area contributed by atoms with Crippen molar-refractivity contribution in [3.63, 3.8) is 0 Å². The van der Waals surface area contributed by atoms with E-state index in [4.69, 9.17) is 0 Å². The van der Waals surface area contributed by atoms with Crippen molar-refractivity contribution in [2.24, 2.45) is 11.8 Å². The Bertz CT molecular complexity index is 1010. The Morgan fingerprint density at radius 2 is 1.81 bits per heavy atom. The van der Waals surface area contributed by atoms with Gasteiger partial charge in [0.25, 0.3) is 0 Å². The number of ketones is 1. The van der Waals surface area contributed by atoms with Gasteiger partial charge in [-0.25, -0.2) is 9.50 Å². The quantitative estimate of drug-likeness (QED) is 0.401. The number of Topliss-reactive ketones (excluding diaryl/α,β-unsaturated/α-hetero) is 1. The van der Waals surface area contributed by atoms with Crippen molar-refractivity contribution in [1.82, 2.24) is 19.6 Å². The number of pyridine rings is 1. The van der Waals surface area contributed by atoms with Gasteiger partial charge in [0.2, 0.25) is 0 Å². The van der Waals surface area contributed by atoms with Crippen LogP contribution in [0.1, 0.15) is 62.4 Å². The van der Waals surface area contributed by atoms with Crippen LogP contribution in [0.2, 0.25) is 0 Å². The summed E-state index contributed by atoms with van der Waals surface area (Å²) < 4.78 is 1.65. The number of carbonyl (C=O) groups is 1. The molecule has 0 saturated carbocycles. The first kappa shape index (κ1) is 23.6. The number of carbonyl (C=O) groups excluding carboxylic acids is 1. The summed E-state index contributed by atoms with van der Waals surface area (Å²) in [5.41, 5.74) is 2.45. The van der Waals surface area contributed by atoms with E-state index in [-0.39, 0.29) is 5.78 Å². The zero-order chi connectivity index (χ0) is 22.9. The predicted octanol–water partition coefficient (Wildman–Crippen LogP) is 5.53. The van der Waals surface area contributed by atoms with Crippen LogP contribution >= 0.6 is 0 Å². The third-order valence-corrected chi connectivity index (χ3v) is 5.96. The molecule has 1 saturated heterocycles. The van der Waals surface area contributed by atoms with E-state index < -0.39 is 0 Å². The van der Waals surface area contributed by atoms with Gasteiger partial charge < -0.3 is 4.90 Å². The molecule has 6 heteroatoms. The van der Waals surface area contributed by atoms with E-state index in [1.165, 1.54) is 31.2 Å². The molecule has 2 aliphatic rings. The fourth-order valence-corrected chi connectivity index (χ4v) is 3.86. The molecular weight excluding hydrogens is 398 g/mol. The molecule has 0 atom stereocenters. The summed E-state index contributed by atoms with van der Waals surface area (Å²) in [4.78, 5) is 22.1. The van der Waals surface area contributed by atoms with E-state index in [0.29, 0.717) is 11.2 Å². The first-order valence-corrected chi connectivity index (χ1v) is 11.6. The minimum Gasteiger partial charge on any atom is -0.357 e. The van der Waals surface area contributed by atoms with Crippen molar-refractivity contribution in [3.05, 3.63) is 66.3 Å². The largest absolute Gasteiger partial charge is 0.357 e. The van der Waals surface area contributed by atoms with E-state index >= 15 is 0 Å². The summed E-state index contributed by atoms with van der Waals surface area (Å²) in [6.07, 6.45) is 16.7. The maximum atomic E-state index is 11.4. The summed E-state index contributed by atoms with van der Waals surface area (Å²) in [6.45, 7) is 10.3. The van der Waals surface area contributed by atoms with Crippen LogP contribution in [0.15, 0.2) is 55.1 Å². The molecule has 1 aliphatic carbocycles. The first-order chi connectivity index (χ1) is 15.5. The van der Waals surface area contributed by atoms with Crippen LogP contribution in [-0.2, 0) is 0 Å². The standard InChI is InChI=1S/C12H14N4O.C8H14.C6H7N/c1-9(17)10-8-13-16-7-4-11(14-12(10)16)15-5-2-3-6-15;1-7(2)8-5-3-4-6-8;1-6-3-2-4-7-5-6/h4,7-8H,2-3,5-6H2,1H3;3-4,7-8H,5-6H2,1-2H3;2-5H,1H3. The second-order valence-corrected chi connectivity index (χ2v) is 8.84. The van der Waals surface area contributed by atoms with Gasteiger partial charge in [-0.3, -0.25) is 9.78 Å². The average molecular weight is 434 g/mol. The fraction of sp³-hybridized carbons (Fsp3) is 0.462. The maximum absolute atomic E-state index is 11.4. The number of aryl methyl sites for hydroxylation is 1. The highest BCUT2D eigenvalue weighted by atomic mass is 16.1. The summed E-state index contributed by atoms with van der Waals surface area (Å²) in [5.74, 6) is 2.78. The molecule has 0 bridgehead atoms. The summed E-state index contributed by atoms with van der Waals surface area (Å²) >= 11 is 0. The van der Waals surface area contributed by atoms with Crippen molar-refractivity contribution >= 4 is 17.2 Å². The zero-order valence-corrected chi connectivity index (χ0v) is 19.7. The Hall–Kier alpha value is -3.02. The lowest BCUT2D eigenvalue weighted by atomic mass is 9.94. The van der Waals surface area contributed by atoms with E-state index in [9.17, 15) is 4.79 Å². The van der Waals surface area contributed by atoms with E-state index in [0.717, 1.165) is 30.7 Å². The van der Waals surface area contributed by atoms with Crippen molar-refractivity contribution in [2.45, 2.75) is 53.4 Å². The van der Waals surface area contributed by atoms with Gasteiger partial charge in [-0.15, -0.1) is 0 Å². The predicted molar refractivity (Wildman–Crippen MR) is 130 cm³/mol. The van der Waals surface area contributed by atoms with E-state index in [1.807, 2.05) is 37.5 Å². The maximum Gasteiger partial charge on any atom is 0.168 e. The number of nitrogens with zero attached hydrogens (tertiary/aromatic N) is 5. The molecule has 0 N–H and O–H groups in total. The lowest BCUT2D eigenvalue weighted by Gasteiger charge is -2.15. The lowest BCUT2D eigenvalue weighted by molar-refractivity contribution is 0.101. The van der Waals surface area contributed by atoms with Crippen molar-refractivity contribution in [3.8, 4) is 0 Å². The summed E-state index contributed by atoms with van der Waals surface area (Å²) in [5, 5.41) is 4.12. The highest BCUT2D eigenvalue weighted by molar-refractivity contribution is 5.99. The van der Waals surface area contributed by atoms with Crippen LogP contribution in [0.4, 0.5) is 5.82 Å². The number of aromatic nitrogens is 4. The second kappa shape index (κ2) is 11.6.